The molecule has 5 heteroatoms. The summed E-state index contributed by atoms with van der Waals surface area (Å²) >= 11 is 0. The van der Waals surface area contributed by atoms with Gasteiger partial charge < -0.3 is 11.1 Å². The number of nitrogens with one attached hydrogen (secondary N) is 1. The monoisotopic (exact) mass is 271 g/mol. The number of nitrogen functional groups attached to an aromatic ring is 1. The standard InChI is InChI=1S/C15H21N5/c1-3-12-10-15(20-14(4-2)19-12)18-8-6-11-5-7-17-13(16)9-11/h5,7,9-10H,3-4,6,8H2,1-2H3,(H2,16,17)(H,18,19,20). The summed E-state index contributed by atoms with van der Waals surface area (Å²) in [5, 5.41) is 3.35. The van der Waals surface area contributed by atoms with Crippen LogP contribution in [-0.4, -0.2) is 21.5 Å². The van der Waals surface area contributed by atoms with Gasteiger partial charge in [0, 0.05) is 30.9 Å². The van der Waals surface area contributed by atoms with Crippen molar-refractivity contribution in [3.05, 3.63) is 41.5 Å². The summed E-state index contributed by atoms with van der Waals surface area (Å²) in [7, 11) is 0. The van der Waals surface area contributed by atoms with Crippen molar-refractivity contribution in [1.82, 2.24) is 15.0 Å². The molecule has 0 amide bonds. The van der Waals surface area contributed by atoms with Crippen LogP contribution in [0.1, 0.15) is 30.9 Å². The van der Waals surface area contributed by atoms with E-state index in [4.69, 9.17) is 5.73 Å². The Morgan fingerprint density at radius 1 is 1.15 bits per heavy atom. The number of nitrogens with two attached hydrogens (primary N) is 1. The Morgan fingerprint density at radius 3 is 2.70 bits per heavy atom. The molecule has 0 unspecified atom stereocenters. The Bertz CT molecular complexity index is 546. The van der Waals surface area contributed by atoms with Gasteiger partial charge in [0.05, 0.1) is 0 Å². The highest BCUT2D eigenvalue weighted by atomic mass is 15.0. The maximum absolute atomic E-state index is 5.67. The van der Waals surface area contributed by atoms with Gasteiger partial charge >= 0.3 is 0 Å². The minimum absolute atomic E-state index is 0.561. The smallest absolute Gasteiger partial charge is 0.130 e. The normalized spacial score (nSPS) is 10.5. The fourth-order valence-electron chi connectivity index (χ4n) is 1.97. The number of hydrogen-bond acceptors (Lipinski definition) is 5. The van der Waals surface area contributed by atoms with Gasteiger partial charge in [-0.3, -0.25) is 0 Å². The molecule has 20 heavy (non-hydrogen) atoms. The molecule has 0 aromatic carbocycles. The summed E-state index contributed by atoms with van der Waals surface area (Å²) in [4.78, 5) is 12.9. The molecule has 0 spiro atoms. The predicted molar refractivity (Wildman–Crippen MR) is 81.6 cm³/mol. The van der Waals surface area contributed by atoms with Gasteiger partial charge in [-0.1, -0.05) is 13.8 Å². The number of aromatic nitrogens is 3. The topological polar surface area (TPSA) is 76.7 Å². The van der Waals surface area contributed by atoms with Gasteiger partial charge in [-0.2, -0.15) is 0 Å². The van der Waals surface area contributed by atoms with Crippen LogP contribution in [0.4, 0.5) is 11.6 Å². The van der Waals surface area contributed by atoms with Crippen LogP contribution < -0.4 is 11.1 Å². The molecule has 0 bridgehead atoms. The fraction of sp³-hybridized carbons (Fsp3) is 0.400. The molecule has 2 rings (SSSR count). The number of nitrogens with zero attached hydrogens (tertiary/aromatic N) is 3. The molecule has 0 aliphatic rings. The van der Waals surface area contributed by atoms with Crippen LogP contribution in [0.2, 0.25) is 0 Å². The molecule has 0 aliphatic carbocycles. The number of rotatable bonds is 6. The van der Waals surface area contributed by atoms with E-state index in [-0.39, 0.29) is 0 Å². The van der Waals surface area contributed by atoms with E-state index in [1.165, 1.54) is 5.56 Å². The van der Waals surface area contributed by atoms with Crippen molar-refractivity contribution in [2.45, 2.75) is 33.1 Å². The van der Waals surface area contributed by atoms with Crippen LogP contribution in [0.5, 0.6) is 0 Å². The molecule has 0 fully saturated rings. The second-order valence-electron chi connectivity index (χ2n) is 4.63. The largest absolute Gasteiger partial charge is 0.384 e. The zero-order chi connectivity index (χ0) is 14.4. The van der Waals surface area contributed by atoms with Crippen LogP contribution in [0.25, 0.3) is 0 Å². The van der Waals surface area contributed by atoms with Crippen molar-refractivity contribution in [2.24, 2.45) is 0 Å². The lowest BCUT2D eigenvalue weighted by Crippen LogP contribution is -2.09. The summed E-state index contributed by atoms with van der Waals surface area (Å²) in [5.41, 5.74) is 7.91. The van der Waals surface area contributed by atoms with Crippen LogP contribution >= 0.6 is 0 Å². The van der Waals surface area contributed by atoms with Crippen molar-refractivity contribution in [3.63, 3.8) is 0 Å². The Kier molecular flexibility index (Phi) is 4.87. The minimum atomic E-state index is 0.561. The molecule has 106 valence electrons. The van der Waals surface area contributed by atoms with Gasteiger partial charge in [-0.05, 0) is 30.5 Å². The first-order valence-electron chi connectivity index (χ1n) is 7.02. The number of aryl methyl sites for hydroxylation is 2. The Labute approximate surface area is 119 Å². The highest BCUT2D eigenvalue weighted by molar-refractivity contribution is 5.37. The molecular weight excluding hydrogens is 250 g/mol. The second-order valence-corrected chi connectivity index (χ2v) is 4.63. The average Bonchev–Trinajstić information content (AvgIpc) is 2.47. The van der Waals surface area contributed by atoms with Crippen molar-refractivity contribution >= 4 is 11.6 Å². The third kappa shape index (κ3) is 3.91. The zero-order valence-corrected chi connectivity index (χ0v) is 12.1. The number of anilines is 2. The molecule has 0 atom stereocenters. The molecule has 3 N–H and O–H groups in total. The third-order valence-corrected chi connectivity index (χ3v) is 3.07. The van der Waals surface area contributed by atoms with Crippen LogP contribution in [0, 0.1) is 0 Å². The van der Waals surface area contributed by atoms with Gasteiger partial charge in [-0.25, -0.2) is 15.0 Å². The van der Waals surface area contributed by atoms with Gasteiger partial charge in [-0.15, -0.1) is 0 Å². The molecule has 2 aromatic rings. The van der Waals surface area contributed by atoms with Crippen LogP contribution in [0.15, 0.2) is 24.4 Å². The molecule has 0 saturated carbocycles. The van der Waals surface area contributed by atoms with Gasteiger partial charge in [0.1, 0.15) is 17.5 Å². The zero-order valence-electron chi connectivity index (χ0n) is 12.1. The lowest BCUT2D eigenvalue weighted by Gasteiger charge is -2.09. The Balaban J connectivity index is 1.96. The summed E-state index contributed by atoms with van der Waals surface area (Å²) in [6.07, 6.45) is 4.40. The molecular formula is C15H21N5. The molecule has 5 nitrogen and oxygen atoms in total. The first-order valence-corrected chi connectivity index (χ1v) is 7.02. The lowest BCUT2D eigenvalue weighted by atomic mass is 10.2. The molecule has 2 heterocycles. The number of hydrogen-bond donors (Lipinski definition) is 2. The van der Waals surface area contributed by atoms with Gasteiger partial charge in [0.15, 0.2) is 0 Å². The molecule has 0 aliphatic heterocycles. The number of pyridine rings is 1. The SMILES string of the molecule is CCc1cc(NCCc2ccnc(N)c2)nc(CC)n1. The van der Waals surface area contributed by atoms with E-state index in [0.717, 1.165) is 43.1 Å². The van der Waals surface area contributed by atoms with Crippen molar-refractivity contribution < 1.29 is 0 Å². The van der Waals surface area contributed by atoms with E-state index in [1.807, 2.05) is 18.2 Å². The van der Waals surface area contributed by atoms with Gasteiger partial charge in [0.25, 0.3) is 0 Å². The van der Waals surface area contributed by atoms with Gasteiger partial charge in [0.2, 0.25) is 0 Å². The highest BCUT2D eigenvalue weighted by Crippen LogP contribution is 2.09. The van der Waals surface area contributed by atoms with Crippen LogP contribution in [-0.2, 0) is 19.3 Å². The maximum atomic E-state index is 5.67. The molecule has 2 aromatic heterocycles. The van der Waals surface area contributed by atoms with E-state index in [2.05, 4.69) is 34.1 Å². The van der Waals surface area contributed by atoms with E-state index >= 15 is 0 Å². The maximum Gasteiger partial charge on any atom is 0.130 e. The Hall–Kier alpha value is -2.17. The van der Waals surface area contributed by atoms with Crippen molar-refractivity contribution in [1.29, 1.82) is 0 Å². The van der Waals surface area contributed by atoms with E-state index in [9.17, 15) is 0 Å². The summed E-state index contributed by atoms with van der Waals surface area (Å²) < 4.78 is 0. The van der Waals surface area contributed by atoms with Crippen molar-refractivity contribution in [2.75, 3.05) is 17.6 Å². The second kappa shape index (κ2) is 6.84. The third-order valence-electron chi connectivity index (χ3n) is 3.07. The summed E-state index contributed by atoms with van der Waals surface area (Å²) in [6, 6.07) is 5.89. The average molecular weight is 271 g/mol. The quantitative estimate of drug-likeness (QED) is 0.842. The summed E-state index contributed by atoms with van der Waals surface area (Å²) in [6.45, 7) is 4.98. The lowest BCUT2D eigenvalue weighted by molar-refractivity contribution is 0.881. The van der Waals surface area contributed by atoms with Crippen molar-refractivity contribution in [3.8, 4) is 0 Å². The van der Waals surface area contributed by atoms with Crippen LogP contribution in [0.3, 0.4) is 0 Å². The first kappa shape index (κ1) is 14.2. The minimum Gasteiger partial charge on any atom is -0.384 e. The van der Waals surface area contributed by atoms with E-state index < -0.39 is 0 Å². The van der Waals surface area contributed by atoms with E-state index in [0.29, 0.717) is 5.82 Å². The Morgan fingerprint density at radius 2 is 2.00 bits per heavy atom. The highest BCUT2D eigenvalue weighted by Gasteiger charge is 2.02. The summed E-state index contributed by atoms with van der Waals surface area (Å²) in [5.74, 6) is 2.35. The molecule has 0 radical (unpaired) electrons. The fourth-order valence-corrected chi connectivity index (χ4v) is 1.97. The van der Waals surface area contributed by atoms with E-state index in [1.54, 1.807) is 6.20 Å². The first-order chi connectivity index (χ1) is 9.71. The predicted octanol–water partition coefficient (Wildman–Crippen LogP) is 2.23. The molecule has 0 saturated heterocycles.